The van der Waals surface area contributed by atoms with Crippen LogP contribution in [0.3, 0.4) is 0 Å². The van der Waals surface area contributed by atoms with Gasteiger partial charge in [-0.25, -0.2) is 4.79 Å². The van der Waals surface area contributed by atoms with Crippen LogP contribution in [0.4, 0.5) is 5.69 Å². The van der Waals surface area contributed by atoms with Gasteiger partial charge in [0.05, 0.1) is 23.7 Å². The molecule has 0 heterocycles. The summed E-state index contributed by atoms with van der Waals surface area (Å²) in [4.78, 5) is 21.6. The maximum absolute atomic E-state index is 11.5. The SMILES string of the molecule is CCOC(=O)c1cc(COC)cc([N+](=O)[O-])c1. The van der Waals surface area contributed by atoms with Crippen LogP contribution in [0.25, 0.3) is 0 Å². The highest BCUT2D eigenvalue weighted by atomic mass is 16.6. The molecule has 0 fully saturated rings. The van der Waals surface area contributed by atoms with Gasteiger partial charge in [0.25, 0.3) is 5.69 Å². The van der Waals surface area contributed by atoms with Gasteiger partial charge in [-0.3, -0.25) is 10.1 Å². The molecule has 0 N–H and O–H groups in total. The van der Waals surface area contributed by atoms with Crippen molar-refractivity contribution in [1.29, 1.82) is 0 Å². The Labute approximate surface area is 98.3 Å². The number of rotatable bonds is 5. The van der Waals surface area contributed by atoms with Gasteiger partial charge in [0.2, 0.25) is 0 Å². The summed E-state index contributed by atoms with van der Waals surface area (Å²) in [5.41, 5.74) is 0.570. The standard InChI is InChI=1S/C11H13NO5/c1-3-17-11(13)9-4-8(7-16-2)5-10(6-9)12(14)15/h4-6H,3,7H2,1-2H3. The Morgan fingerprint density at radius 3 is 2.65 bits per heavy atom. The van der Waals surface area contributed by atoms with Crippen molar-refractivity contribution in [3.63, 3.8) is 0 Å². The Balaban J connectivity index is 3.11. The van der Waals surface area contributed by atoms with E-state index in [0.717, 1.165) is 0 Å². The van der Waals surface area contributed by atoms with E-state index in [0.29, 0.717) is 5.56 Å². The first-order valence-corrected chi connectivity index (χ1v) is 5.03. The second-order valence-corrected chi connectivity index (χ2v) is 3.30. The second kappa shape index (κ2) is 5.95. The van der Waals surface area contributed by atoms with Gasteiger partial charge in [-0.1, -0.05) is 0 Å². The zero-order valence-electron chi connectivity index (χ0n) is 9.63. The summed E-state index contributed by atoms with van der Waals surface area (Å²) in [5, 5.41) is 10.7. The van der Waals surface area contributed by atoms with E-state index >= 15 is 0 Å². The van der Waals surface area contributed by atoms with Crippen molar-refractivity contribution in [2.24, 2.45) is 0 Å². The molecule has 17 heavy (non-hydrogen) atoms. The van der Waals surface area contributed by atoms with Gasteiger partial charge >= 0.3 is 5.97 Å². The highest BCUT2D eigenvalue weighted by Crippen LogP contribution is 2.18. The molecule has 0 aliphatic heterocycles. The molecule has 0 amide bonds. The highest BCUT2D eigenvalue weighted by Gasteiger charge is 2.15. The van der Waals surface area contributed by atoms with Gasteiger partial charge < -0.3 is 9.47 Å². The van der Waals surface area contributed by atoms with Crippen molar-refractivity contribution in [2.45, 2.75) is 13.5 Å². The van der Waals surface area contributed by atoms with E-state index in [1.165, 1.54) is 25.3 Å². The fraction of sp³-hybridized carbons (Fsp3) is 0.364. The number of nitrogens with zero attached hydrogens (tertiary/aromatic N) is 1. The average Bonchev–Trinajstić information content (AvgIpc) is 2.29. The number of carbonyl (C=O) groups is 1. The Morgan fingerprint density at radius 1 is 1.41 bits per heavy atom. The third-order valence-electron chi connectivity index (χ3n) is 2.01. The molecule has 0 bridgehead atoms. The Bertz CT molecular complexity index is 430. The van der Waals surface area contributed by atoms with E-state index in [1.807, 2.05) is 0 Å². The van der Waals surface area contributed by atoms with Crippen LogP contribution in [0.15, 0.2) is 18.2 Å². The molecular weight excluding hydrogens is 226 g/mol. The predicted octanol–water partition coefficient (Wildman–Crippen LogP) is 1.92. The molecule has 1 aromatic rings. The third-order valence-corrected chi connectivity index (χ3v) is 2.01. The third kappa shape index (κ3) is 3.53. The Morgan fingerprint density at radius 2 is 2.12 bits per heavy atom. The number of non-ortho nitro benzene ring substituents is 1. The van der Waals surface area contributed by atoms with Crippen molar-refractivity contribution in [3.8, 4) is 0 Å². The average molecular weight is 239 g/mol. The molecular formula is C11H13NO5. The number of nitro groups is 1. The second-order valence-electron chi connectivity index (χ2n) is 3.30. The van der Waals surface area contributed by atoms with Crippen LogP contribution in [0.1, 0.15) is 22.8 Å². The summed E-state index contributed by atoms with van der Waals surface area (Å²) in [6, 6.07) is 4.08. The van der Waals surface area contributed by atoms with Crippen LogP contribution in [0, 0.1) is 10.1 Å². The van der Waals surface area contributed by atoms with Crippen molar-refractivity contribution < 1.29 is 19.2 Å². The summed E-state index contributed by atoms with van der Waals surface area (Å²) < 4.78 is 9.68. The van der Waals surface area contributed by atoms with Crippen LogP contribution >= 0.6 is 0 Å². The number of benzene rings is 1. The first-order chi connectivity index (χ1) is 8.08. The molecule has 6 nitrogen and oxygen atoms in total. The normalized spacial score (nSPS) is 10.0. The van der Waals surface area contributed by atoms with E-state index in [2.05, 4.69) is 0 Å². The molecule has 0 saturated carbocycles. The fourth-order valence-electron chi connectivity index (χ4n) is 1.36. The molecule has 0 radical (unpaired) electrons. The van der Waals surface area contributed by atoms with Crippen molar-refractivity contribution in [1.82, 2.24) is 0 Å². The summed E-state index contributed by atoms with van der Waals surface area (Å²) in [6.45, 7) is 2.10. The van der Waals surface area contributed by atoms with Gasteiger partial charge in [-0.05, 0) is 18.6 Å². The number of nitro benzene ring substituents is 1. The van der Waals surface area contributed by atoms with Crippen LogP contribution in [-0.2, 0) is 16.1 Å². The predicted molar refractivity (Wildman–Crippen MR) is 59.8 cm³/mol. The largest absolute Gasteiger partial charge is 0.462 e. The molecule has 1 aromatic carbocycles. The zero-order chi connectivity index (χ0) is 12.8. The van der Waals surface area contributed by atoms with Crippen LogP contribution < -0.4 is 0 Å². The number of ether oxygens (including phenoxy) is 2. The van der Waals surface area contributed by atoms with Gasteiger partial charge in [0.15, 0.2) is 0 Å². The van der Waals surface area contributed by atoms with E-state index in [4.69, 9.17) is 9.47 Å². The minimum Gasteiger partial charge on any atom is -0.462 e. The Hall–Kier alpha value is -1.95. The number of carbonyl (C=O) groups excluding carboxylic acids is 1. The number of hydrogen-bond acceptors (Lipinski definition) is 5. The van der Waals surface area contributed by atoms with Crippen molar-refractivity contribution in [3.05, 3.63) is 39.4 Å². The van der Waals surface area contributed by atoms with Gasteiger partial charge in [-0.2, -0.15) is 0 Å². The minimum absolute atomic E-state index is 0.150. The molecule has 92 valence electrons. The lowest BCUT2D eigenvalue weighted by Crippen LogP contribution is -2.06. The summed E-state index contributed by atoms with van der Waals surface area (Å²) in [7, 11) is 1.48. The van der Waals surface area contributed by atoms with Crippen molar-refractivity contribution in [2.75, 3.05) is 13.7 Å². The van der Waals surface area contributed by atoms with Gasteiger partial charge in [0.1, 0.15) is 0 Å². The molecule has 0 aliphatic rings. The topological polar surface area (TPSA) is 78.7 Å². The molecule has 0 aliphatic carbocycles. The molecule has 0 unspecified atom stereocenters. The molecule has 0 spiro atoms. The van der Waals surface area contributed by atoms with Crippen LogP contribution in [-0.4, -0.2) is 24.6 Å². The maximum Gasteiger partial charge on any atom is 0.338 e. The van der Waals surface area contributed by atoms with Crippen LogP contribution in [0.2, 0.25) is 0 Å². The first-order valence-electron chi connectivity index (χ1n) is 5.03. The maximum atomic E-state index is 11.5. The smallest absolute Gasteiger partial charge is 0.338 e. The quantitative estimate of drug-likeness (QED) is 0.445. The van der Waals surface area contributed by atoms with E-state index < -0.39 is 10.9 Å². The number of esters is 1. The van der Waals surface area contributed by atoms with Crippen molar-refractivity contribution >= 4 is 11.7 Å². The van der Waals surface area contributed by atoms with Gasteiger partial charge in [-0.15, -0.1) is 0 Å². The molecule has 1 rings (SSSR count). The molecule has 0 aromatic heterocycles. The monoisotopic (exact) mass is 239 g/mol. The highest BCUT2D eigenvalue weighted by molar-refractivity contribution is 5.90. The van der Waals surface area contributed by atoms with Crippen LogP contribution in [0.5, 0.6) is 0 Å². The summed E-state index contributed by atoms with van der Waals surface area (Å²) >= 11 is 0. The minimum atomic E-state index is -0.575. The fourth-order valence-corrected chi connectivity index (χ4v) is 1.36. The molecule has 0 atom stereocenters. The Kier molecular flexibility index (Phi) is 4.59. The first kappa shape index (κ1) is 13.1. The van der Waals surface area contributed by atoms with Gasteiger partial charge in [0, 0.05) is 19.2 Å². The molecule has 6 heteroatoms. The lowest BCUT2D eigenvalue weighted by Gasteiger charge is -2.05. The lowest BCUT2D eigenvalue weighted by molar-refractivity contribution is -0.385. The zero-order valence-corrected chi connectivity index (χ0v) is 9.63. The van der Waals surface area contributed by atoms with E-state index in [1.54, 1.807) is 6.92 Å². The lowest BCUT2D eigenvalue weighted by atomic mass is 10.1. The molecule has 0 saturated heterocycles. The summed E-state index contributed by atoms with van der Waals surface area (Å²) in [6.07, 6.45) is 0. The van der Waals surface area contributed by atoms with E-state index in [-0.39, 0.29) is 24.5 Å². The number of hydrogen-bond donors (Lipinski definition) is 0. The van der Waals surface area contributed by atoms with E-state index in [9.17, 15) is 14.9 Å². The number of methoxy groups -OCH3 is 1. The summed E-state index contributed by atoms with van der Waals surface area (Å²) in [5.74, 6) is -0.575.